The van der Waals surface area contributed by atoms with Gasteiger partial charge in [-0.15, -0.1) is 0 Å². The van der Waals surface area contributed by atoms with Gasteiger partial charge in [0.1, 0.15) is 11.1 Å². The molecule has 0 bridgehead atoms. The zero-order valence-corrected chi connectivity index (χ0v) is 19.9. The van der Waals surface area contributed by atoms with Gasteiger partial charge in [0, 0.05) is 25.3 Å². The lowest BCUT2D eigenvalue weighted by atomic mass is 9.81. The number of amides is 2. The van der Waals surface area contributed by atoms with Crippen LogP contribution in [-0.2, 0) is 14.3 Å². The van der Waals surface area contributed by atoms with Crippen LogP contribution < -0.4 is 10.6 Å². The largest absolute Gasteiger partial charge is 0.481 e. The van der Waals surface area contributed by atoms with Gasteiger partial charge in [0.15, 0.2) is 0 Å². The third-order valence-corrected chi connectivity index (χ3v) is 6.26. The van der Waals surface area contributed by atoms with Crippen molar-refractivity contribution < 1.29 is 24.2 Å². The number of rotatable bonds is 8. The minimum atomic E-state index is -0.999. The van der Waals surface area contributed by atoms with Crippen LogP contribution in [0.25, 0.3) is 0 Å². The van der Waals surface area contributed by atoms with Gasteiger partial charge in [0.25, 0.3) is 0 Å². The highest BCUT2D eigenvalue weighted by Crippen LogP contribution is 2.30. The Hall–Kier alpha value is -2.77. The van der Waals surface area contributed by atoms with Crippen molar-refractivity contribution in [3.05, 3.63) is 30.3 Å². The maximum absolute atomic E-state index is 13.4. The van der Waals surface area contributed by atoms with Crippen LogP contribution in [0.1, 0.15) is 60.3 Å². The van der Waals surface area contributed by atoms with Gasteiger partial charge in [-0.25, -0.2) is 4.79 Å². The van der Waals surface area contributed by atoms with Crippen LogP contribution in [0.2, 0.25) is 0 Å². The Balaban J connectivity index is 2.19. The van der Waals surface area contributed by atoms with Crippen LogP contribution >= 0.6 is 0 Å². The molecule has 178 valence electrons. The van der Waals surface area contributed by atoms with Crippen molar-refractivity contribution in [3.63, 3.8) is 0 Å². The topological polar surface area (TPSA) is 108 Å². The summed E-state index contributed by atoms with van der Waals surface area (Å²) in [4.78, 5) is 39.4. The molecule has 0 spiro atoms. The number of nitrogens with one attached hydrogen (secondary N) is 2. The third kappa shape index (κ3) is 6.14. The van der Waals surface area contributed by atoms with Crippen molar-refractivity contribution in [2.45, 2.75) is 71.4 Å². The lowest BCUT2D eigenvalue weighted by Crippen LogP contribution is -2.60. The van der Waals surface area contributed by atoms with E-state index in [0.29, 0.717) is 38.8 Å². The number of carboxylic acid groups (broad SMARTS) is 1. The molecule has 2 rings (SSSR count). The molecule has 1 heterocycles. The molecule has 1 saturated heterocycles. The molecule has 3 N–H and O–H groups in total. The lowest BCUT2D eigenvalue weighted by molar-refractivity contribution is -0.149. The number of piperidine rings is 1. The summed E-state index contributed by atoms with van der Waals surface area (Å²) in [5.74, 6) is -1.16. The van der Waals surface area contributed by atoms with E-state index in [2.05, 4.69) is 10.6 Å². The summed E-state index contributed by atoms with van der Waals surface area (Å²) in [5, 5.41) is 16.0. The molecule has 0 aromatic heterocycles. The van der Waals surface area contributed by atoms with Gasteiger partial charge in [-0.3, -0.25) is 9.59 Å². The summed E-state index contributed by atoms with van der Waals surface area (Å²) < 4.78 is 5.47. The maximum atomic E-state index is 13.4. The molecule has 0 saturated carbocycles. The molecular formula is C24H37N3O5. The van der Waals surface area contributed by atoms with E-state index in [1.165, 1.54) is 0 Å². The summed E-state index contributed by atoms with van der Waals surface area (Å²) in [5.41, 5.74) is -1.75. The molecule has 1 aromatic rings. The van der Waals surface area contributed by atoms with Crippen molar-refractivity contribution >= 4 is 23.7 Å². The zero-order valence-electron chi connectivity index (χ0n) is 19.9. The first-order valence-corrected chi connectivity index (χ1v) is 11.3. The van der Waals surface area contributed by atoms with Crippen LogP contribution in [0.15, 0.2) is 30.3 Å². The second-order valence-corrected chi connectivity index (χ2v) is 9.52. The van der Waals surface area contributed by atoms with Gasteiger partial charge < -0.3 is 25.4 Å². The maximum Gasteiger partial charge on any atom is 0.410 e. The highest BCUT2D eigenvalue weighted by atomic mass is 16.6. The predicted molar refractivity (Wildman–Crippen MR) is 123 cm³/mol. The molecule has 0 aliphatic carbocycles. The fourth-order valence-electron chi connectivity index (χ4n) is 3.90. The second kappa shape index (κ2) is 10.2. The van der Waals surface area contributed by atoms with Gasteiger partial charge in [0.2, 0.25) is 5.91 Å². The molecule has 1 fully saturated rings. The zero-order chi connectivity index (χ0) is 24.0. The number of hydrogen-bond donors (Lipinski definition) is 3. The van der Waals surface area contributed by atoms with Crippen LogP contribution in [0.5, 0.6) is 0 Å². The predicted octanol–water partition coefficient (Wildman–Crippen LogP) is 3.88. The molecule has 32 heavy (non-hydrogen) atoms. The van der Waals surface area contributed by atoms with E-state index >= 15 is 0 Å². The number of carboxylic acids is 1. The van der Waals surface area contributed by atoms with E-state index in [1.807, 2.05) is 65.0 Å². The molecule has 1 aromatic carbocycles. The van der Waals surface area contributed by atoms with Gasteiger partial charge in [0.05, 0.1) is 5.41 Å². The Morgan fingerprint density at radius 3 is 2.09 bits per heavy atom. The molecule has 0 radical (unpaired) electrons. The first-order valence-electron chi connectivity index (χ1n) is 11.3. The minimum absolute atomic E-state index is 0.0577. The molecule has 1 aliphatic rings. The number of benzene rings is 1. The van der Waals surface area contributed by atoms with E-state index in [4.69, 9.17) is 4.74 Å². The number of carbonyl (C=O) groups is 3. The summed E-state index contributed by atoms with van der Waals surface area (Å²) in [6.07, 6.45) is 1.21. The van der Waals surface area contributed by atoms with Gasteiger partial charge in [-0.2, -0.15) is 0 Å². The first kappa shape index (κ1) is 25.5. The first-order chi connectivity index (χ1) is 15.0. The average Bonchev–Trinajstić information content (AvgIpc) is 2.74. The Labute approximate surface area is 190 Å². The molecule has 8 nitrogen and oxygen atoms in total. The standard InChI is InChI=1S/C24H37N3O5/c1-6-23(7-2,20(29)30)17-25-19(28)24(26-18-11-9-8-10-12-18)13-15-27(16-14-24)21(31)32-22(3,4)5/h8-12,26H,6-7,13-17H2,1-5H3,(H,25,28)(H,29,30). The number of nitrogens with zero attached hydrogens (tertiary/aromatic N) is 1. The Bertz CT molecular complexity index is 792. The van der Waals surface area contributed by atoms with Crippen LogP contribution in [0, 0.1) is 5.41 Å². The quantitative estimate of drug-likeness (QED) is 0.558. The summed E-state index contributed by atoms with van der Waals surface area (Å²) >= 11 is 0. The number of anilines is 1. The fraction of sp³-hybridized carbons (Fsp3) is 0.625. The monoisotopic (exact) mass is 447 g/mol. The molecule has 0 atom stereocenters. The van der Waals surface area contributed by atoms with Gasteiger partial charge >= 0.3 is 12.1 Å². The molecule has 1 aliphatic heterocycles. The van der Waals surface area contributed by atoms with Crippen molar-refractivity contribution in [2.24, 2.45) is 5.41 Å². The minimum Gasteiger partial charge on any atom is -0.481 e. The van der Waals surface area contributed by atoms with Crippen molar-refractivity contribution in [1.82, 2.24) is 10.2 Å². The highest BCUT2D eigenvalue weighted by molar-refractivity contribution is 5.90. The van der Waals surface area contributed by atoms with Crippen molar-refractivity contribution in [3.8, 4) is 0 Å². The summed E-state index contributed by atoms with van der Waals surface area (Å²) in [6.45, 7) is 9.87. The molecular weight excluding hydrogens is 410 g/mol. The van der Waals surface area contributed by atoms with E-state index in [1.54, 1.807) is 4.90 Å². The van der Waals surface area contributed by atoms with Crippen LogP contribution in [-0.4, -0.2) is 58.8 Å². The van der Waals surface area contributed by atoms with Gasteiger partial charge in [-0.05, 0) is 58.6 Å². The van der Waals surface area contributed by atoms with Crippen LogP contribution in [0.3, 0.4) is 0 Å². The van der Waals surface area contributed by atoms with Crippen molar-refractivity contribution in [2.75, 3.05) is 25.0 Å². The summed E-state index contributed by atoms with van der Waals surface area (Å²) in [6, 6.07) is 9.43. The Morgan fingerprint density at radius 2 is 1.62 bits per heavy atom. The fourth-order valence-corrected chi connectivity index (χ4v) is 3.90. The lowest BCUT2D eigenvalue weighted by Gasteiger charge is -2.42. The van der Waals surface area contributed by atoms with E-state index in [0.717, 1.165) is 5.69 Å². The van der Waals surface area contributed by atoms with E-state index in [9.17, 15) is 19.5 Å². The second-order valence-electron chi connectivity index (χ2n) is 9.52. The number of para-hydroxylation sites is 1. The Morgan fingerprint density at radius 1 is 1.06 bits per heavy atom. The Kier molecular flexibility index (Phi) is 8.15. The number of ether oxygens (including phenoxy) is 1. The van der Waals surface area contributed by atoms with E-state index in [-0.39, 0.29) is 12.5 Å². The number of hydrogen-bond acceptors (Lipinski definition) is 5. The van der Waals surface area contributed by atoms with Crippen molar-refractivity contribution in [1.29, 1.82) is 0 Å². The molecule has 8 heteroatoms. The van der Waals surface area contributed by atoms with Gasteiger partial charge in [-0.1, -0.05) is 32.0 Å². The SMILES string of the molecule is CCC(CC)(CNC(=O)C1(Nc2ccccc2)CCN(C(=O)OC(C)(C)C)CC1)C(=O)O. The third-order valence-electron chi connectivity index (χ3n) is 6.26. The molecule has 0 unspecified atom stereocenters. The normalized spacial score (nSPS) is 16.2. The number of aliphatic carboxylic acids is 1. The van der Waals surface area contributed by atoms with E-state index < -0.39 is 28.6 Å². The smallest absolute Gasteiger partial charge is 0.410 e. The molecule has 2 amide bonds. The summed E-state index contributed by atoms with van der Waals surface area (Å²) in [7, 11) is 0. The van der Waals surface area contributed by atoms with Crippen LogP contribution in [0.4, 0.5) is 10.5 Å². The highest BCUT2D eigenvalue weighted by Gasteiger charge is 2.44. The number of carbonyl (C=O) groups excluding carboxylic acids is 2. The number of likely N-dealkylation sites (tertiary alicyclic amines) is 1. The average molecular weight is 448 g/mol.